The molecule has 2 aromatic rings. The smallest absolute Gasteiger partial charge is 0.297 e. The van der Waals surface area contributed by atoms with Crippen LogP contribution in [0.1, 0.15) is 12.8 Å². The highest BCUT2D eigenvalue weighted by atomic mass is 16.5. The van der Waals surface area contributed by atoms with Gasteiger partial charge in [-0.25, -0.2) is 0 Å². The summed E-state index contributed by atoms with van der Waals surface area (Å²) >= 11 is 0. The molecule has 1 aliphatic rings. The number of aryl methyl sites for hydroxylation is 1. The summed E-state index contributed by atoms with van der Waals surface area (Å²) in [6.45, 7) is 2.99. The molecule has 1 aromatic heterocycles. The number of fused-ring (bicyclic) bond motifs is 1. The molecule has 0 radical (unpaired) electrons. The Balaban J connectivity index is 1.72. The largest absolute Gasteiger partial charge is 0.464 e. The van der Waals surface area contributed by atoms with Crippen LogP contribution in [0.2, 0.25) is 0 Å². The number of nitrogens with one attached hydrogen (secondary N) is 1. The van der Waals surface area contributed by atoms with Crippen LogP contribution < -0.4 is 10.1 Å². The monoisotopic (exact) mass is 245 g/mol. The zero-order valence-corrected chi connectivity index (χ0v) is 10.7. The third kappa shape index (κ3) is 2.20. The Bertz CT molecular complexity index is 529. The third-order valence-electron chi connectivity index (χ3n) is 3.65. The molecule has 1 aliphatic heterocycles. The van der Waals surface area contributed by atoms with Gasteiger partial charge < -0.3 is 10.1 Å². The number of hydrogen-bond donors (Lipinski definition) is 1. The number of ether oxygens (including phenoxy) is 1. The van der Waals surface area contributed by atoms with Gasteiger partial charge in [-0.2, -0.15) is 4.98 Å². The van der Waals surface area contributed by atoms with E-state index in [0.29, 0.717) is 5.92 Å². The van der Waals surface area contributed by atoms with Gasteiger partial charge in [-0.15, -0.1) is 0 Å². The van der Waals surface area contributed by atoms with Crippen molar-refractivity contribution in [1.29, 1.82) is 0 Å². The maximum Gasteiger partial charge on any atom is 0.297 e. The average molecular weight is 245 g/mol. The molecule has 0 bridgehead atoms. The maximum absolute atomic E-state index is 5.89. The summed E-state index contributed by atoms with van der Waals surface area (Å²) in [4.78, 5) is 4.52. The molecule has 0 atom stereocenters. The van der Waals surface area contributed by atoms with Crippen LogP contribution in [-0.4, -0.2) is 29.2 Å². The maximum atomic E-state index is 5.89. The van der Waals surface area contributed by atoms with Crippen molar-refractivity contribution in [3.05, 3.63) is 24.3 Å². The molecule has 0 aliphatic carbocycles. The van der Waals surface area contributed by atoms with Crippen molar-refractivity contribution in [3.63, 3.8) is 0 Å². The molecule has 4 nitrogen and oxygen atoms in total. The Kier molecular flexibility index (Phi) is 3.19. The van der Waals surface area contributed by atoms with E-state index in [1.165, 1.54) is 12.8 Å². The van der Waals surface area contributed by atoms with Crippen LogP contribution in [0.15, 0.2) is 24.3 Å². The van der Waals surface area contributed by atoms with Crippen molar-refractivity contribution >= 4 is 11.0 Å². The fraction of sp³-hybridized carbons (Fsp3) is 0.500. The second-order valence-electron chi connectivity index (χ2n) is 4.95. The van der Waals surface area contributed by atoms with E-state index < -0.39 is 0 Å². The summed E-state index contributed by atoms with van der Waals surface area (Å²) < 4.78 is 7.91. The first-order valence-electron chi connectivity index (χ1n) is 6.59. The quantitative estimate of drug-likeness (QED) is 0.898. The minimum absolute atomic E-state index is 0.658. The van der Waals surface area contributed by atoms with Crippen molar-refractivity contribution in [2.75, 3.05) is 19.7 Å². The molecule has 1 fully saturated rings. The average Bonchev–Trinajstić information content (AvgIpc) is 2.75. The first-order valence-corrected chi connectivity index (χ1v) is 6.59. The third-order valence-corrected chi connectivity index (χ3v) is 3.65. The summed E-state index contributed by atoms with van der Waals surface area (Å²) in [7, 11) is 2.01. The van der Waals surface area contributed by atoms with Crippen LogP contribution in [0.4, 0.5) is 0 Å². The number of aromatic nitrogens is 2. The molecule has 18 heavy (non-hydrogen) atoms. The van der Waals surface area contributed by atoms with E-state index in [4.69, 9.17) is 4.74 Å². The molecule has 3 rings (SSSR count). The van der Waals surface area contributed by atoms with Crippen LogP contribution in [0, 0.1) is 5.92 Å². The lowest BCUT2D eigenvalue weighted by atomic mass is 9.99. The van der Waals surface area contributed by atoms with E-state index in [1.807, 2.05) is 29.8 Å². The van der Waals surface area contributed by atoms with E-state index in [1.54, 1.807) is 0 Å². The standard InChI is InChI=1S/C14H19N3O/c1-17-13-5-3-2-4-12(13)16-14(17)18-10-11-6-8-15-9-7-11/h2-5,11,15H,6-10H2,1H3. The second kappa shape index (κ2) is 4.98. The van der Waals surface area contributed by atoms with E-state index in [0.717, 1.165) is 36.7 Å². The Morgan fingerprint density at radius 1 is 1.33 bits per heavy atom. The van der Waals surface area contributed by atoms with Gasteiger partial charge in [-0.1, -0.05) is 12.1 Å². The normalized spacial score (nSPS) is 17.2. The van der Waals surface area contributed by atoms with Crippen LogP contribution in [0.5, 0.6) is 6.01 Å². The zero-order chi connectivity index (χ0) is 12.4. The minimum atomic E-state index is 0.658. The topological polar surface area (TPSA) is 39.1 Å². The summed E-state index contributed by atoms with van der Waals surface area (Å²) in [6.07, 6.45) is 2.40. The van der Waals surface area contributed by atoms with Crippen LogP contribution in [0.25, 0.3) is 11.0 Å². The van der Waals surface area contributed by atoms with Gasteiger partial charge in [0.15, 0.2) is 0 Å². The van der Waals surface area contributed by atoms with Crippen molar-refractivity contribution in [3.8, 4) is 6.01 Å². The summed E-state index contributed by atoms with van der Waals surface area (Å²) in [5, 5.41) is 3.37. The van der Waals surface area contributed by atoms with Crippen molar-refractivity contribution in [2.24, 2.45) is 13.0 Å². The Morgan fingerprint density at radius 2 is 2.11 bits per heavy atom. The second-order valence-corrected chi connectivity index (χ2v) is 4.95. The molecule has 1 N–H and O–H groups in total. The van der Waals surface area contributed by atoms with Crippen molar-refractivity contribution in [1.82, 2.24) is 14.9 Å². The lowest BCUT2D eigenvalue weighted by Gasteiger charge is -2.22. The number of imidazole rings is 1. The van der Waals surface area contributed by atoms with Gasteiger partial charge in [0.1, 0.15) is 0 Å². The van der Waals surface area contributed by atoms with Crippen molar-refractivity contribution in [2.45, 2.75) is 12.8 Å². The SMILES string of the molecule is Cn1c(OCC2CCNCC2)nc2ccccc21. The van der Waals surface area contributed by atoms with E-state index in [-0.39, 0.29) is 0 Å². The fourth-order valence-corrected chi connectivity index (χ4v) is 2.49. The summed E-state index contributed by atoms with van der Waals surface area (Å²) in [5.74, 6) is 0.658. The number of piperidine rings is 1. The van der Waals surface area contributed by atoms with Gasteiger partial charge >= 0.3 is 0 Å². The number of nitrogens with zero attached hydrogens (tertiary/aromatic N) is 2. The Hall–Kier alpha value is -1.55. The zero-order valence-electron chi connectivity index (χ0n) is 10.7. The number of para-hydroxylation sites is 2. The van der Waals surface area contributed by atoms with E-state index in [2.05, 4.69) is 16.4 Å². The van der Waals surface area contributed by atoms with E-state index in [9.17, 15) is 0 Å². The molecule has 0 amide bonds. The number of rotatable bonds is 3. The van der Waals surface area contributed by atoms with Gasteiger partial charge in [0, 0.05) is 7.05 Å². The van der Waals surface area contributed by atoms with Gasteiger partial charge in [0.05, 0.1) is 17.6 Å². The molecular weight excluding hydrogens is 226 g/mol. The molecule has 0 saturated carbocycles. The van der Waals surface area contributed by atoms with Gasteiger partial charge in [-0.3, -0.25) is 4.57 Å². The predicted octanol–water partition coefficient (Wildman–Crippen LogP) is 1.95. The van der Waals surface area contributed by atoms with Crippen LogP contribution in [-0.2, 0) is 7.05 Å². The highest BCUT2D eigenvalue weighted by Crippen LogP contribution is 2.20. The number of benzene rings is 1. The fourth-order valence-electron chi connectivity index (χ4n) is 2.49. The lowest BCUT2D eigenvalue weighted by Crippen LogP contribution is -2.30. The minimum Gasteiger partial charge on any atom is -0.464 e. The predicted molar refractivity (Wildman–Crippen MR) is 71.8 cm³/mol. The molecular formula is C14H19N3O. The first kappa shape index (κ1) is 11.5. The molecule has 1 saturated heterocycles. The summed E-state index contributed by atoms with van der Waals surface area (Å²) in [6, 6.07) is 8.86. The molecule has 0 unspecified atom stereocenters. The highest BCUT2D eigenvalue weighted by molar-refractivity contribution is 5.76. The van der Waals surface area contributed by atoms with Gasteiger partial charge in [0.25, 0.3) is 6.01 Å². The van der Waals surface area contributed by atoms with Crippen LogP contribution >= 0.6 is 0 Å². The van der Waals surface area contributed by atoms with Gasteiger partial charge in [0.2, 0.25) is 0 Å². The first-order chi connectivity index (χ1) is 8.84. The molecule has 4 heteroatoms. The Morgan fingerprint density at radius 3 is 2.89 bits per heavy atom. The molecule has 0 spiro atoms. The summed E-state index contributed by atoms with van der Waals surface area (Å²) in [5.41, 5.74) is 2.12. The van der Waals surface area contributed by atoms with Crippen molar-refractivity contribution < 1.29 is 4.74 Å². The van der Waals surface area contributed by atoms with E-state index >= 15 is 0 Å². The molecule has 1 aromatic carbocycles. The molecule has 2 heterocycles. The van der Waals surface area contributed by atoms with Gasteiger partial charge in [-0.05, 0) is 44.0 Å². The Labute approximate surface area is 107 Å². The number of hydrogen-bond acceptors (Lipinski definition) is 3. The lowest BCUT2D eigenvalue weighted by molar-refractivity contribution is 0.198. The molecule has 96 valence electrons. The van der Waals surface area contributed by atoms with Crippen LogP contribution in [0.3, 0.4) is 0 Å². The highest BCUT2D eigenvalue weighted by Gasteiger charge is 2.15.